The number of rotatable bonds is 5. The molecule has 0 unspecified atom stereocenters. The quantitative estimate of drug-likeness (QED) is 0.886. The largest absolute Gasteiger partial charge is 0.326 e. The summed E-state index contributed by atoms with van der Waals surface area (Å²) < 4.78 is 26.9. The van der Waals surface area contributed by atoms with E-state index in [9.17, 15) is 13.2 Å². The molecule has 1 heterocycles. The van der Waals surface area contributed by atoms with E-state index in [2.05, 4.69) is 15.0 Å². The van der Waals surface area contributed by atoms with Crippen LogP contribution in [0.3, 0.4) is 0 Å². The smallest absolute Gasteiger partial charge is 0.263 e. The number of sulfonamides is 1. The molecule has 0 spiro atoms. The van der Waals surface area contributed by atoms with Gasteiger partial charge in [-0.05, 0) is 48.9 Å². The van der Waals surface area contributed by atoms with Gasteiger partial charge in [0, 0.05) is 18.3 Å². The van der Waals surface area contributed by atoms with Crippen LogP contribution in [-0.4, -0.2) is 19.3 Å². The molecule has 2 rings (SSSR count). The molecule has 1 aromatic carbocycles. The van der Waals surface area contributed by atoms with Gasteiger partial charge in [-0.2, -0.15) is 0 Å². The van der Waals surface area contributed by atoms with Gasteiger partial charge in [0.1, 0.15) is 5.82 Å². The number of hydrogen-bond donors (Lipinski definition) is 2. The van der Waals surface area contributed by atoms with Gasteiger partial charge in [-0.25, -0.2) is 13.4 Å². The Morgan fingerprint density at radius 2 is 1.86 bits per heavy atom. The molecule has 0 atom stereocenters. The molecule has 0 aliphatic carbocycles. The van der Waals surface area contributed by atoms with E-state index in [0.29, 0.717) is 12.1 Å². The molecule has 0 aliphatic rings. The number of aromatic nitrogens is 1. The Bertz CT molecular complexity index is 771. The summed E-state index contributed by atoms with van der Waals surface area (Å²) in [4.78, 5) is 15.4. The first-order chi connectivity index (χ1) is 10.4. The molecule has 0 saturated heterocycles. The van der Waals surface area contributed by atoms with Gasteiger partial charge in [0.15, 0.2) is 0 Å². The maximum atomic E-state index is 12.3. The van der Waals surface area contributed by atoms with Crippen molar-refractivity contribution in [2.24, 2.45) is 0 Å². The molecule has 2 aromatic rings. The number of benzene rings is 1. The number of carbonyl (C=O) groups excluding carboxylic acids is 1. The Labute approximate surface area is 129 Å². The first-order valence-electron chi connectivity index (χ1n) is 6.76. The molecule has 22 heavy (non-hydrogen) atoms. The van der Waals surface area contributed by atoms with Crippen molar-refractivity contribution in [3.8, 4) is 0 Å². The van der Waals surface area contributed by atoms with Gasteiger partial charge in [0.05, 0.1) is 4.90 Å². The van der Waals surface area contributed by atoms with E-state index in [1.807, 2.05) is 6.92 Å². The number of pyridine rings is 1. The number of amides is 1. The van der Waals surface area contributed by atoms with Crippen LogP contribution in [0.2, 0.25) is 0 Å². The molecule has 0 fully saturated rings. The molecule has 0 aliphatic heterocycles. The van der Waals surface area contributed by atoms with E-state index >= 15 is 0 Å². The predicted octanol–water partition coefficient (Wildman–Crippen LogP) is 2.54. The number of nitrogens with one attached hydrogen (secondary N) is 2. The van der Waals surface area contributed by atoms with Crippen LogP contribution in [0.15, 0.2) is 47.5 Å². The highest BCUT2D eigenvalue weighted by Crippen LogP contribution is 2.17. The van der Waals surface area contributed by atoms with Crippen LogP contribution in [0.5, 0.6) is 0 Å². The Morgan fingerprint density at radius 3 is 2.45 bits per heavy atom. The second-order valence-electron chi connectivity index (χ2n) is 4.75. The third-order valence-electron chi connectivity index (χ3n) is 2.92. The van der Waals surface area contributed by atoms with E-state index in [0.717, 1.165) is 5.56 Å². The summed E-state index contributed by atoms with van der Waals surface area (Å²) in [6, 6.07) is 9.39. The zero-order chi connectivity index (χ0) is 16.2. The molecular weight excluding hydrogens is 302 g/mol. The molecule has 1 amide bonds. The van der Waals surface area contributed by atoms with Crippen molar-refractivity contribution in [2.45, 2.75) is 25.2 Å². The number of carbonyl (C=O) groups is 1. The lowest BCUT2D eigenvalue weighted by Gasteiger charge is -2.09. The first kappa shape index (κ1) is 16.0. The van der Waals surface area contributed by atoms with E-state index in [-0.39, 0.29) is 16.6 Å². The fraction of sp³-hybridized carbons (Fsp3) is 0.200. The molecular formula is C15H17N3O3S. The summed E-state index contributed by atoms with van der Waals surface area (Å²) in [5.74, 6) is 0.140. The number of aryl methyl sites for hydroxylation is 1. The summed E-state index contributed by atoms with van der Waals surface area (Å²) in [6.45, 7) is 3.59. The summed E-state index contributed by atoms with van der Waals surface area (Å²) in [7, 11) is -3.71. The van der Waals surface area contributed by atoms with Crippen LogP contribution < -0.4 is 10.0 Å². The van der Waals surface area contributed by atoms with Crippen molar-refractivity contribution in [1.82, 2.24) is 4.98 Å². The summed E-state index contributed by atoms with van der Waals surface area (Å²) in [5, 5.41) is 2.66. The zero-order valence-corrected chi connectivity index (χ0v) is 13.1. The van der Waals surface area contributed by atoms with Gasteiger partial charge in [-0.1, -0.05) is 6.92 Å². The number of nitrogens with zero attached hydrogens (tertiary/aromatic N) is 1. The standard InChI is InChI=1S/C15H17N3O3S/c1-3-15(19)17-12-4-6-13(7-5-12)22(20,21)18-14-10-11(2)8-9-16-14/h4-10H,3H2,1-2H3,(H,16,18)(H,17,19). The van der Waals surface area contributed by atoms with Crippen molar-refractivity contribution in [1.29, 1.82) is 0 Å². The van der Waals surface area contributed by atoms with Crippen LogP contribution in [0.1, 0.15) is 18.9 Å². The van der Waals surface area contributed by atoms with Crippen LogP contribution in [0.25, 0.3) is 0 Å². The maximum absolute atomic E-state index is 12.3. The fourth-order valence-corrected chi connectivity index (χ4v) is 2.75. The molecule has 1 aromatic heterocycles. The average Bonchev–Trinajstić information content (AvgIpc) is 2.47. The highest BCUT2D eigenvalue weighted by atomic mass is 32.2. The SMILES string of the molecule is CCC(=O)Nc1ccc(S(=O)(=O)Nc2cc(C)ccn2)cc1. The Hall–Kier alpha value is -2.41. The minimum absolute atomic E-state index is 0.102. The summed E-state index contributed by atoms with van der Waals surface area (Å²) in [6.07, 6.45) is 1.90. The second kappa shape index (κ2) is 6.57. The second-order valence-corrected chi connectivity index (χ2v) is 6.43. The normalized spacial score (nSPS) is 11.0. The van der Waals surface area contributed by atoms with Gasteiger partial charge in [0.25, 0.3) is 10.0 Å². The average molecular weight is 319 g/mol. The van der Waals surface area contributed by atoms with Crippen molar-refractivity contribution < 1.29 is 13.2 Å². The topological polar surface area (TPSA) is 88.2 Å². The van der Waals surface area contributed by atoms with Gasteiger partial charge in [0.2, 0.25) is 5.91 Å². The molecule has 2 N–H and O–H groups in total. The van der Waals surface area contributed by atoms with Gasteiger partial charge in [-0.3, -0.25) is 9.52 Å². The summed E-state index contributed by atoms with van der Waals surface area (Å²) >= 11 is 0. The van der Waals surface area contributed by atoms with Crippen molar-refractivity contribution >= 4 is 27.4 Å². The Morgan fingerprint density at radius 1 is 1.18 bits per heavy atom. The third kappa shape index (κ3) is 4.05. The minimum Gasteiger partial charge on any atom is -0.326 e. The van der Waals surface area contributed by atoms with Crippen LogP contribution in [0.4, 0.5) is 11.5 Å². The van der Waals surface area contributed by atoms with Crippen molar-refractivity contribution in [3.05, 3.63) is 48.2 Å². The minimum atomic E-state index is -3.71. The van der Waals surface area contributed by atoms with Crippen LogP contribution >= 0.6 is 0 Å². The van der Waals surface area contributed by atoms with Crippen LogP contribution in [-0.2, 0) is 14.8 Å². The maximum Gasteiger partial charge on any atom is 0.263 e. The van der Waals surface area contributed by atoms with E-state index in [1.54, 1.807) is 31.2 Å². The van der Waals surface area contributed by atoms with Gasteiger partial charge >= 0.3 is 0 Å². The summed E-state index contributed by atoms with van der Waals surface area (Å²) in [5.41, 5.74) is 1.46. The van der Waals surface area contributed by atoms with Crippen molar-refractivity contribution in [3.63, 3.8) is 0 Å². The lowest BCUT2D eigenvalue weighted by molar-refractivity contribution is -0.115. The highest BCUT2D eigenvalue weighted by molar-refractivity contribution is 7.92. The third-order valence-corrected chi connectivity index (χ3v) is 4.29. The van der Waals surface area contributed by atoms with Gasteiger partial charge < -0.3 is 5.32 Å². The zero-order valence-electron chi connectivity index (χ0n) is 12.3. The Balaban J connectivity index is 2.17. The van der Waals surface area contributed by atoms with Crippen LogP contribution in [0, 0.1) is 6.92 Å². The molecule has 7 heteroatoms. The monoisotopic (exact) mass is 319 g/mol. The molecule has 0 bridgehead atoms. The lowest BCUT2D eigenvalue weighted by atomic mass is 10.3. The van der Waals surface area contributed by atoms with E-state index in [4.69, 9.17) is 0 Å². The number of hydrogen-bond acceptors (Lipinski definition) is 4. The fourth-order valence-electron chi connectivity index (χ4n) is 1.76. The predicted molar refractivity (Wildman–Crippen MR) is 85.1 cm³/mol. The number of anilines is 2. The van der Waals surface area contributed by atoms with E-state index in [1.165, 1.54) is 18.3 Å². The Kier molecular flexibility index (Phi) is 4.77. The van der Waals surface area contributed by atoms with Gasteiger partial charge in [-0.15, -0.1) is 0 Å². The lowest BCUT2D eigenvalue weighted by Crippen LogP contribution is -2.14. The van der Waals surface area contributed by atoms with Crippen molar-refractivity contribution in [2.75, 3.05) is 10.0 Å². The molecule has 0 radical (unpaired) electrons. The molecule has 0 saturated carbocycles. The molecule has 116 valence electrons. The molecule has 6 nitrogen and oxygen atoms in total. The highest BCUT2D eigenvalue weighted by Gasteiger charge is 2.14. The van der Waals surface area contributed by atoms with E-state index < -0.39 is 10.0 Å². The first-order valence-corrected chi connectivity index (χ1v) is 8.24.